The van der Waals surface area contributed by atoms with Gasteiger partial charge < -0.3 is 19.9 Å². The molecule has 0 saturated carbocycles. The summed E-state index contributed by atoms with van der Waals surface area (Å²) in [5.74, 6) is -1.43. The summed E-state index contributed by atoms with van der Waals surface area (Å²) in [4.78, 5) is 34.0. The molecular formula is C16H27NO6. The number of nitrogens with one attached hydrogen (secondary N) is 1. The maximum absolute atomic E-state index is 11.6. The number of ether oxygens (including phenoxy) is 2. The number of carboxylic acids is 1. The van der Waals surface area contributed by atoms with Crippen LogP contribution in [0.1, 0.15) is 52.9 Å². The van der Waals surface area contributed by atoms with Crippen molar-refractivity contribution in [3.63, 3.8) is 0 Å². The van der Waals surface area contributed by atoms with E-state index in [1.807, 2.05) is 0 Å². The minimum absolute atomic E-state index is 0.231. The molecule has 0 spiro atoms. The molecule has 0 aliphatic carbocycles. The van der Waals surface area contributed by atoms with Crippen LogP contribution in [0.3, 0.4) is 0 Å². The van der Waals surface area contributed by atoms with E-state index in [0.717, 1.165) is 0 Å². The molecular weight excluding hydrogens is 302 g/mol. The Kier molecular flexibility index (Phi) is 9.69. The van der Waals surface area contributed by atoms with E-state index in [1.165, 1.54) is 0 Å². The first kappa shape index (κ1) is 20.9. The largest absolute Gasteiger partial charge is 0.480 e. The molecule has 0 radical (unpaired) electrons. The smallest absolute Gasteiger partial charge is 0.408 e. The molecule has 1 amide bonds. The van der Waals surface area contributed by atoms with Crippen LogP contribution < -0.4 is 5.32 Å². The first-order chi connectivity index (χ1) is 10.7. The molecule has 7 heteroatoms. The van der Waals surface area contributed by atoms with Crippen LogP contribution in [0.25, 0.3) is 0 Å². The summed E-state index contributed by atoms with van der Waals surface area (Å²) in [6, 6.07) is -1.03. The Morgan fingerprint density at radius 2 is 1.91 bits per heavy atom. The fourth-order valence-corrected chi connectivity index (χ4v) is 1.64. The van der Waals surface area contributed by atoms with Gasteiger partial charge in [-0.2, -0.15) is 0 Å². The number of carbonyl (C=O) groups excluding carboxylic acids is 2. The number of alkyl carbamates (subject to hydrolysis) is 1. The van der Waals surface area contributed by atoms with Gasteiger partial charge >= 0.3 is 18.0 Å². The average Bonchev–Trinajstić information content (AvgIpc) is 2.41. The molecule has 0 aromatic heterocycles. The number of aliphatic carboxylic acids is 1. The number of carboxylic acid groups (broad SMARTS) is 1. The van der Waals surface area contributed by atoms with Crippen LogP contribution in [0.5, 0.6) is 0 Å². The first-order valence-electron chi connectivity index (χ1n) is 7.64. The lowest BCUT2D eigenvalue weighted by Crippen LogP contribution is -2.43. The van der Waals surface area contributed by atoms with Gasteiger partial charge in [-0.1, -0.05) is 6.08 Å². The van der Waals surface area contributed by atoms with Crippen LogP contribution in [0.15, 0.2) is 12.7 Å². The van der Waals surface area contributed by atoms with Crippen LogP contribution in [-0.4, -0.2) is 41.4 Å². The van der Waals surface area contributed by atoms with Crippen LogP contribution in [0.2, 0.25) is 0 Å². The molecule has 0 aliphatic heterocycles. The van der Waals surface area contributed by atoms with E-state index < -0.39 is 23.7 Å². The van der Waals surface area contributed by atoms with Crippen molar-refractivity contribution in [1.29, 1.82) is 0 Å². The highest BCUT2D eigenvalue weighted by molar-refractivity contribution is 5.79. The van der Waals surface area contributed by atoms with Gasteiger partial charge in [-0.3, -0.25) is 4.79 Å². The highest BCUT2D eigenvalue weighted by Gasteiger charge is 2.23. The average molecular weight is 329 g/mol. The summed E-state index contributed by atoms with van der Waals surface area (Å²) in [6.45, 7) is 8.84. The third-order valence-corrected chi connectivity index (χ3v) is 2.69. The van der Waals surface area contributed by atoms with Crippen molar-refractivity contribution >= 4 is 18.0 Å². The Labute approximate surface area is 137 Å². The van der Waals surface area contributed by atoms with Crippen molar-refractivity contribution < 1.29 is 29.0 Å². The topological polar surface area (TPSA) is 102 Å². The number of esters is 1. The van der Waals surface area contributed by atoms with E-state index >= 15 is 0 Å². The molecule has 0 unspecified atom stereocenters. The van der Waals surface area contributed by atoms with Gasteiger partial charge in [-0.05, 0) is 46.5 Å². The third-order valence-electron chi connectivity index (χ3n) is 2.69. The Hall–Kier alpha value is -2.05. The Morgan fingerprint density at radius 1 is 1.26 bits per heavy atom. The van der Waals surface area contributed by atoms with Gasteiger partial charge in [0.25, 0.3) is 0 Å². The van der Waals surface area contributed by atoms with E-state index in [4.69, 9.17) is 14.6 Å². The van der Waals surface area contributed by atoms with Crippen molar-refractivity contribution in [2.45, 2.75) is 64.5 Å². The highest BCUT2D eigenvalue weighted by Crippen LogP contribution is 2.08. The van der Waals surface area contributed by atoms with E-state index in [-0.39, 0.29) is 19.0 Å². The van der Waals surface area contributed by atoms with Crippen molar-refractivity contribution in [2.24, 2.45) is 0 Å². The van der Waals surface area contributed by atoms with Crippen molar-refractivity contribution in [2.75, 3.05) is 6.61 Å². The minimum Gasteiger partial charge on any atom is -0.480 e. The molecule has 0 bridgehead atoms. The van der Waals surface area contributed by atoms with Crippen LogP contribution >= 0.6 is 0 Å². The van der Waals surface area contributed by atoms with Crippen molar-refractivity contribution in [1.82, 2.24) is 5.32 Å². The third kappa shape index (κ3) is 12.2. The summed E-state index contributed by atoms with van der Waals surface area (Å²) < 4.78 is 10.0. The number of hydrogen-bond acceptors (Lipinski definition) is 5. The van der Waals surface area contributed by atoms with Gasteiger partial charge in [0.2, 0.25) is 0 Å². The SMILES string of the molecule is C=CCCC(=O)OCCCC[C@H](NC(=O)OC(C)(C)C)C(=O)O. The second-order valence-electron chi connectivity index (χ2n) is 6.08. The highest BCUT2D eigenvalue weighted by atomic mass is 16.6. The zero-order valence-electron chi connectivity index (χ0n) is 14.1. The predicted octanol–water partition coefficient (Wildman–Crippen LogP) is 2.64. The van der Waals surface area contributed by atoms with Gasteiger partial charge in [-0.25, -0.2) is 9.59 Å². The number of rotatable bonds is 10. The van der Waals surface area contributed by atoms with E-state index in [9.17, 15) is 14.4 Å². The molecule has 132 valence electrons. The number of unbranched alkanes of at least 4 members (excludes halogenated alkanes) is 1. The summed E-state index contributed by atoms with van der Waals surface area (Å²) in [7, 11) is 0. The van der Waals surface area contributed by atoms with Crippen molar-refractivity contribution in [3.8, 4) is 0 Å². The standard InChI is InChI=1S/C16H27NO6/c1-5-6-10-13(18)22-11-8-7-9-12(14(19)20)17-15(21)23-16(2,3)4/h5,12H,1,6-11H2,2-4H3,(H,17,21)(H,19,20)/t12-/m0/s1. The molecule has 7 nitrogen and oxygen atoms in total. The summed E-state index contributed by atoms with van der Waals surface area (Å²) in [6.07, 6.45) is 3.00. The summed E-state index contributed by atoms with van der Waals surface area (Å²) >= 11 is 0. The van der Waals surface area contributed by atoms with Gasteiger partial charge in [0.1, 0.15) is 11.6 Å². The molecule has 0 rings (SSSR count). The summed E-state index contributed by atoms with van der Waals surface area (Å²) in [5.41, 5.74) is -0.688. The normalized spacial score (nSPS) is 12.1. The summed E-state index contributed by atoms with van der Waals surface area (Å²) in [5, 5.41) is 11.4. The molecule has 23 heavy (non-hydrogen) atoms. The van der Waals surface area contributed by atoms with Gasteiger partial charge in [-0.15, -0.1) is 6.58 Å². The maximum atomic E-state index is 11.6. The fraction of sp³-hybridized carbons (Fsp3) is 0.688. The number of allylic oxidation sites excluding steroid dienone is 1. The van der Waals surface area contributed by atoms with Crippen LogP contribution in [0.4, 0.5) is 4.79 Å². The monoisotopic (exact) mass is 329 g/mol. The zero-order chi connectivity index (χ0) is 17.9. The predicted molar refractivity (Wildman–Crippen MR) is 85.0 cm³/mol. The van der Waals surface area contributed by atoms with E-state index in [1.54, 1.807) is 26.8 Å². The first-order valence-corrected chi connectivity index (χ1v) is 7.64. The molecule has 0 heterocycles. The lowest BCUT2D eigenvalue weighted by molar-refractivity contribution is -0.144. The Bertz CT molecular complexity index is 413. The maximum Gasteiger partial charge on any atom is 0.408 e. The quantitative estimate of drug-likeness (QED) is 0.363. The Morgan fingerprint density at radius 3 is 2.43 bits per heavy atom. The number of amides is 1. The molecule has 0 aromatic rings. The van der Waals surface area contributed by atoms with E-state index in [0.29, 0.717) is 25.7 Å². The molecule has 0 saturated heterocycles. The molecule has 1 atom stereocenters. The second-order valence-corrected chi connectivity index (χ2v) is 6.08. The lowest BCUT2D eigenvalue weighted by Gasteiger charge is -2.22. The fourth-order valence-electron chi connectivity index (χ4n) is 1.64. The molecule has 0 fully saturated rings. The van der Waals surface area contributed by atoms with Gasteiger partial charge in [0.15, 0.2) is 0 Å². The molecule has 2 N–H and O–H groups in total. The second kappa shape index (κ2) is 10.6. The van der Waals surface area contributed by atoms with Crippen LogP contribution in [0, 0.1) is 0 Å². The molecule has 0 aromatic carbocycles. The zero-order valence-corrected chi connectivity index (χ0v) is 14.1. The lowest BCUT2D eigenvalue weighted by atomic mass is 10.1. The van der Waals surface area contributed by atoms with Gasteiger partial charge in [0.05, 0.1) is 6.61 Å². The number of carbonyl (C=O) groups is 3. The van der Waals surface area contributed by atoms with Crippen LogP contribution in [-0.2, 0) is 19.1 Å². The number of hydrogen-bond donors (Lipinski definition) is 2. The molecule has 0 aliphatic rings. The Balaban J connectivity index is 4.02. The van der Waals surface area contributed by atoms with Gasteiger partial charge in [0, 0.05) is 6.42 Å². The van der Waals surface area contributed by atoms with E-state index in [2.05, 4.69) is 11.9 Å². The van der Waals surface area contributed by atoms with Crippen molar-refractivity contribution in [3.05, 3.63) is 12.7 Å². The minimum atomic E-state index is -1.13.